The van der Waals surface area contributed by atoms with Crippen molar-refractivity contribution in [1.82, 2.24) is 30.0 Å². The molecule has 3 aromatic carbocycles. The van der Waals surface area contributed by atoms with Crippen LogP contribution < -0.4 is 14.2 Å². The molecule has 276 valence electrons. The molecule has 11 nitrogen and oxygen atoms in total. The molecule has 0 amide bonds. The number of aliphatic hydroxyl groups is 1. The van der Waals surface area contributed by atoms with Crippen molar-refractivity contribution in [3.63, 3.8) is 0 Å². The minimum atomic E-state index is -0.203. The number of rotatable bonds is 17. The number of benzene rings is 3. The van der Waals surface area contributed by atoms with Crippen LogP contribution in [-0.2, 0) is 26.2 Å². The Labute approximate surface area is 316 Å². The molecule has 0 aliphatic carbocycles. The summed E-state index contributed by atoms with van der Waals surface area (Å²) in [6, 6.07) is 20.1. The van der Waals surface area contributed by atoms with E-state index >= 15 is 0 Å². The van der Waals surface area contributed by atoms with Gasteiger partial charge >= 0.3 is 0 Å². The zero-order chi connectivity index (χ0) is 37.2. The molecule has 0 radical (unpaired) electrons. The van der Waals surface area contributed by atoms with Crippen molar-refractivity contribution in [1.29, 1.82) is 5.26 Å². The number of aromatic nitrogens is 4. The van der Waals surface area contributed by atoms with Crippen molar-refractivity contribution >= 4 is 11.6 Å². The van der Waals surface area contributed by atoms with Crippen LogP contribution in [0.2, 0.25) is 5.02 Å². The number of likely N-dealkylation sites (N-methyl/N-ethyl adjacent to an activating group) is 1. The predicted octanol–water partition coefficient (Wildman–Crippen LogP) is 6.68. The van der Waals surface area contributed by atoms with E-state index in [9.17, 15) is 10.4 Å². The fourth-order valence-corrected chi connectivity index (χ4v) is 6.83. The van der Waals surface area contributed by atoms with Crippen LogP contribution in [0.15, 0.2) is 73.3 Å². The number of nitrogens with zero attached hydrogens (tertiary/aromatic N) is 6. The Balaban J connectivity index is 1.15. The summed E-state index contributed by atoms with van der Waals surface area (Å²) in [6.45, 7) is 9.31. The highest BCUT2D eigenvalue weighted by molar-refractivity contribution is 6.32. The van der Waals surface area contributed by atoms with Gasteiger partial charge in [-0.25, -0.2) is 4.98 Å². The summed E-state index contributed by atoms with van der Waals surface area (Å²) in [7, 11) is 2.03. The Morgan fingerprint density at radius 1 is 0.981 bits per heavy atom. The van der Waals surface area contributed by atoms with Crippen LogP contribution >= 0.6 is 11.6 Å². The van der Waals surface area contributed by atoms with Crippen molar-refractivity contribution in [2.75, 3.05) is 39.8 Å². The first-order chi connectivity index (χ1) is 25.8. The van der Waals surface area contributed by atoms with Crippen LogP contribution in [0.4, 0.5) is 0 Å². The third-order valence-corrected chi connectivity index (χ3v) is 9.89. The number of H-pyrrole nitrogens is 1. The Morgan fingerprint density at radius 3 is 2.57 bits per heavy atom. The average molecular weight is 736 g/mol. The van der Waals surface area contributed by atoms with E-state index in [0.717, 1.165) is 96.0 Å². The maximum absolute atomic E-state index is 9.80. The number of nitriles is 1. The van der Waals surface area contributed by atoms with Gasteiger partial charge in [0.15, 0.2) is 0 Å². The van der Waals surface area contributed by atoms with Crippen LogP contribution in [-0.4, -0.2) is 81.0 Å². The summed E-state index contributed by atoms with van der Waals surface area (Å²) in [5.74, 6) is 2.84. The van der Waals surface area contributed by atoms with Gasteiger partial charge in [-0.05, 0) is 79.8 Å². The van der Waals surface area contributed by atoms with E-state index < -0.39 is 0 Å². The molecule has 0 saturated carbocycles. The maximum atomic E-state index is 9.80. The van der Waals surface area contributed by atoms with E-state index in [2.05, 4.69) is 74.1 Å². The van der Waals surface area contributed by atoms with Gasteiger partial charge in [0.25, 0.3) is 0 Å². The Hall–Kier alpha value is -4.99. The number of aromatic amines is 1. The fraction of sp³-hybridized carbons (Fsp3) is 0.366. The molecule has 1 atom stereocenters. The quantitative estimate of drug-likeness (QED) is 0.0998. The smallest absolute Gasteiger partial charge is 0.142 e. The summed E-state index contributed by atoms with van der Waals surface area (Å²) in [5.41, 5.74) is 7.63. The number of aliphatic hydroxyl groups excluding tert-OH is 1. The van der Waals surface area contributed by atoms with Crippen molar-refractivity contribution in [3.05, 3.63) is 118 Å². The largest absolute Gasteiger partial charge is 0.493 e. The van der Waals surface area contributed by atoms with Crippen LogP contribution in [0.1, 0.15) is 52.0 Å². The molecule has 1 aliphatic rings. The van der Waals surface area contributed by atoms with Gasteiger partial charge in [0, 0.05) is 68.7 Å². The molecule has 2 aromatic heterocycles. The lowest BCUT2D eigenvalue weighted by Crippen LogP contribution is -2.24. The van der Waals surface area contributed by atoms with Crippen molar-refractivity contribution < 1.29 is 19.3 Å². The van der Waals surface area contributed by atoms with Gasteiger partial charge in [-0.1, -0.05) is 41.9 Å². The standard InChI is InChI=1S/C41H46ClN7O4/c1-28-32(7-4-8-35(28)36-9-5-10-38(29(36)2)51-16-6-13-49-15-11-34(50)24-49)26-53-40-19-39(52-25-31-17-30(20-43)21-44-22-31)33(18-37(40)42)23-48(3)14-12-41-45-27-46-47-41/h4-5,7-10,17-19,21-22,27,34,50H,6,11-16,23-26H2,1-3H3,(H,45,46,47). The summed E-state index contributed by atoms with van der Waals surface area (Å²) in [5, 5.41) is 26.5. The monoisotopic (exact) mass is 735 g/mol. The van der Waals surface area contributed by atoms with Crippen molar-refractivity contribution in [3.8, 4) is 34.4 Å². The average Bonchev–Trinajstić information content (AvgIpc) is 3.85. The number of hydrogen-bond acceptors (Lipinski definition) is 10. The van der Waals surface area contributed by atoms with E-state index in [1.807, 2.05) is 31.3 Å². The van der Waals surface area contributed by atoms with Gasteiger partial charge in [0.2, 0.25) is 0 Å². The first-order valence-corrected chi connectivity index (χ1v) is 18.3. The second kappa shape index (κ2) is 18.2. The van der Waals surface area contributed by atoms with Crippen molar-refractivity contribution in [2.24, 2.45) is 0 Å². The van der Waals surface area contributed by atoms with Crippen LogP contribution in [0.3, 0.4) is 0 Å². The summed E-state index contributed by atoms with van der Waals surface area (Å²) < 4.78 is 19.0. The number of pyridine rings is 1. The Kier molecular flexibility index (Phi) is 12.9. The topological polar surface area (TPSA) is 133 Å². The molecule has 53 heavy (non-hydrogen) atoms. The molecule has 12 heteroatoms. The third-order valence-electron chi connectivity index (χ3n) is 9.60. The van der Waals surface area contributed by atoms with Gasteiger partial charge in [-0.3, -0.25) is 10.1 Å². The highest BCUT2D eigenvalue weighted by atomic mass is 35.5. The van der Waals surface area contributed by atoms with Crippen LogP contribution in [0.5, 0.6) is 17.2 Å². The molecule has 1 unspecified atom stereocenters. The predicted molar refractivity (Wildman–Crippen MR) is 204 cm³/mol. The van der Waals surface area contributed by atoms with E-state index in [4.69, 9.17) is 25.8 Å². The number of ether oxygens (including phenoxy) is 3. The molecule has 1 aliphatic heterocycles. The normalized spacial score (nSPS) is 14.4. The van der Waals surface area contributed by atoms with Crippen LogP contribution in [0.25, 0.3) is 11.1 Å². The summed E-state index contributed by atoms with van der Waals surface area (Å²) in [6.07, 6.45) is 7.00. The lowest BCUT2D eigenvalue weighted by molar-refractivity contribution is 0.173. The first kappa shape index (κ1) is 37.8. The number of hydrogen-bond donors (Lipinski definition) is 2. The van der Waals surface area contributed by atoms with Gasteiger partial charge in [-0.2, -0.15) is 10.4 Å². The molecule has 1 saturated heterocycles. The maximum Gasteiger partial charge on any atom is 0.142 e. The molecule has 3 heterocycles. The number of β-amino-alcohol motifs (C(OH)–C–C–N with tert-alkyl or cyclic N) is 1. The van der Waals surface area contributed by atoms with Gasteiger partial charge < -0.3 is 29.1 Å². The highest BCUT2D eigenvalue weighted by Gasteiger charge is 2.20. The lowest BCUT2D eigenvalue weighted by Gasteiger charge is -2.21. The Bertz CT molecular complexity index is 2020. The second-order valence-electron chi connectivity index (χ2n) is 13.5. The third kappa shape index (κ3) is 10.1. The first-order valence-electron chi connectivity index (χ1n) is 17.9. The van der Waals surface area contributed by atoms with E-state index in [1.54, 1.807) is 12.3 Å². The van der Waals surface area contributed by atoms with E-state index in [0.29, 0.717) is 41.8 Å². The zero-order valence-electron chi connectivity index (χ0n) is 30.5. The Morgan fingerprint density at radius 2 is 1.79 bits per heavy atom. The van der Waals surface area contributed by atoms with Gasteiger partial charge in [0.05, 0.1) is 23.3 Å². The number of likely N-dealkylation sites (tertiary alicyclic amines) is 1. The minimum absolute atomic E-state index is 0.203. The minimum Gasteiger partial charge on any atom is -0.493 e. The summed E-state index contributed by atoms with van der Waals surface area (Å²) >= 11 is 6.87. The van der Waals surface area contributed by atoms with Gasteiger partial charge in [0.1, 0.15) is 48.7 Å². The molecule has 0 spiro atoms. The van der Waals surface area contributed by atoms with E-state index in [1.165, 1.54) is 12.5 Å². The number of halogens is 1. The molecule has 0 bridgehead atoms. The molecule has 5 aromatic rings. The van der Waals surface area contributed by atoms with E-state index in [-0.39, 0.29) is 12.7 Å². The number of nitrogens with one attached hydrogen (secondary N) is 1. The summed E-state index contributed by atoms with van der Waals surface area (Å²) in [4.78, 5) is 12.9. The molecular weight excluding hydrogens is 690 g/mol. The zero-order valence-corrected chi connectivity index (χ0v) is 31.3. The molecular formula is C41H46ClN7O4. The van der Waals surface area contributed by atoms with Crippen molar-refractivity contribution in [2.45, 2.75) is 59.0 Å². The molecule has 1 fully saturated rings. The SMILES string of the molecule is Cc1c(COc2cc(OCc3cncc(C#N)c3)c(CN(C)CCc3ncn[nH]3)cc2Cl)cccc1-c1cccc(OCCCN2CCC(O)C2)c1C. The molecule has 2 N–H and O–H groups in total. The fourth-order valence-electron chi connectivity index (χ4n) is 6.59. The second-order valence-corrected chi connectivity index (χ2v) is 14.0. The van der Waals surface area contributed by atoms with Crippen LogP contribution in [0, 0.1) is 25.2 Å². The molecule has 6 rings (SSSR count). The van der Waals surface area contributed by atoms with Gasteiger partial charge in [-0.15, -0.1) is 0 Å². The highest BCUT2D eigenvalue weighted by Crippen LogP contribution is 2.37. The lowest BCUT2D eigenvalue weighted by atomic mass is 9.93.